The minimum Gasteiger partial charge on any atom is -0.232 e. The molecule has 4 rings (SSSR count). The first-order valence-corrected chi connectivity index (χ1v) is 9.34. The summed E-state index contributed by atoms with van der Waals surface area (Å²) in [6, 6.07) is 29.1. The summed E-state index contributed by atoms with van der Waals surface area (Å²) >= 11 is 0. The lowest BCUT2D eigenvalue weighted by Gasteiger charge is -2.13. The number of rotatable bonds is 3. The highest BCUT2D eigenvalue weighted by Crippen LogP contribution is 2.22. The first kappa shape index (κ1) is 17.2. The van der Waals surface area contributed by atoms with Gasteiger partial charge in [-0.25, -0.2) is 9.98 Å². The Morgan fingerprint density at radius 1 is 0.630 bits per heavy atom. The normalized spacial score (nSPS) is 16.4. The van der Waals surface area contributed by atoms with E-state index in [0.29, 0.717) is 0 Å². The Hall–Kier alpha value is -3.26. The van der Waals surface area contributed by atoms with Gasteiger partial charge in [-0.05, 0) is 30.9 Å². The second-order valence-electron chi connectivity index (χ2n) is 6.72. The van der Waals surface area contributed by atoms with Crippen LogP contribution in [0.5, 0.6) is 0 Å². The summed E-state index contributed by atoms with van der Waals surface area (Å²) < 4.78 is 0. The van der Waals surface area contributed by atoms with Crippen LogP contribution in [0.3, 0.4) is 0 Å². The van der Waals surface area contributed by atoms with Crippen molar-refractivity contribution in [1.29, 1.82) is 0 Å². The van der Waals surface area contributed by atoms with E-state index in [-0.39, 0.29) is 0 Å². The van der Waals surface area contributed by atoms with Crippen LogP contribution in [0.4, 0.5) is 0 Å². The molecule has 2 heteroatoms. The van der Waals surface area contributed by atoms with Gasteiger partial charge in [-0.2, -0.15) is 0 Å². The molecule has 0 aromatic heterocycles. The van der Waals surface area contributed by atoms with E-state index in [1.165, 1.54) is 11.1 Å². The van der Waals surface area contributed by atoms with Crippen molar-refractivity contribution in [2.75, 3.05) is 0 Å². The molecule has 1 heterocycles. The van der Waals surface area contributed by atoms with Crippen LogP contribution in [0, 0.1) is 6.92 Å². The summed E-state index contributed by atoms with van der Waals surface area (Å²) in [7, 11) is 0. The second-order valence-corrected chi connectivity index (χ2v) is 6.72. The smallest absolute Gasteiger partial charge is 0.160 e. The van der Waals surface area contributed by atoms with Crippen molar-refractivity contribution in [3.8, 4) is 0 Å². The molecule has 0 bridgehead atoms. The van der Waals surface area contributed by atoms with E-state index in [2.05, 4.69) is 61.5 Å². The predicted octanol–water partition coefficient (Wildman–Crippen LogP) is 6.07. The lowest BCUT2D eigenvalue weighted by molar-refractivity contribution is 1.08. The quantitative estimate of drug-likeness (QED) is 0.548. The molecule has 0 saturated carbocycles. The molecule has 2 nitrogen and oxygen atoms in total. The maximum Gasteiger partial charge on any atom is 0.160 e. The van der Waals surface area contributed by atoms with Crippen LogP contribution in [0.2, 0.25) is 0 Å². The number of allylic oxidation sites excluding steroid dienone is 1. The summed E-state index contributed by atoms with van der Waals surface area (Å²) in [6.45, 7) is 2.11. The molecule has 132 valence electrons. The highest BCUT2D eigenvalue weighted by atomic mass is 14.9. The first-order valence-electron chi connectivity index (χ1n) is 9.34. The molecular formula is C25H22N2. The van der Waals surface area contributed by atoms with Gasteiger partial charge in [-0.3, -0.25) is 0 Å². The monoisotopic (exact) mass is 350 g/mol. The lowest BCUT2D eigenvalue weighted by Crippen LogP contribution is -2.09. The average molecular weight is 350 g/mol. The van der Waals surface area contributed by atoms with Crippen LogP contribution in [-0.4, -0.2) is 11.5 Å². The highest BCUT2D eigenvalue weighted by Gasteiger charge is 2.12. The third kappa shape index (κ3) is 4.12. The lowest BCUT2D eigenvalue weighted by atomic mass is 10.0. The van der Waals surface area contributed by atoms with Crippen LogP contribution in [0.25, 0.3) is 5.70 Å². The number of aliphatic imine (C=N–C) groups is 2. The molecule has 0 spiro atoms. The predicted molar refractivity (Wildman–Crippen MR) is 114 cm³/mol. The second kappa shape index (κ2) is 7.96. The molecule has 0 radical (unpaired) electrons. The molecule has 1 aliphatic heterocycles. The number of hydrogen-bond donors (Lipinski definition) is 0. The van der Waals surface area contributed by atoms with Crippen LogP contribution >= 0.6 is 0 Å². The van der Waals surface area contributed by atoms with Crippen molar-refractivity contribution >= 4 is 17.2 Å². The van der Waals surface area contributed by atoms with Gasteiger partial charge in [0, 0.05) is 5.56 Å². The van der Waals surface area contributed by atoms with E-state index >= 15 is 0 Å². The van der Waals surface area contributed by atoms with E-state index in [1.807, 2.05) is 36.4 Å². The van der Waals surface area contributed by atoms with Crippen LogP contribution in [-0.2, 0) is 0 Å². The van der Waals surface area contributed by atoms with Crippen molar-refractivity contribution < 1.29 is 0 Å². The summed E-state index contributed by atoms with van der Waals surface area (Å²) in [6.07, 6.45) is 4.04. The number of amidine groups is 1. The fraction of sp³-hybridized carbons (Fsp3) is 0.120. The minimum absolute atomic E-state index is 0.765. The van der Waals surface area contributed by atoms with Gasteiger partial charge in [0.25, 0.3) is 0 Å². The molecule has 0 aliphatic carbocycles. The van der Waals surface area contributed by atoms with E-state index in [0.717, 1.165) is 41.2 Å². The number of nitrogens with zero attached hydrogens (tertiary/aromatic N) is 2. The Morgan fingerprint density at radius 3 is 1.93 bits per heavy atom. The highest BCUT2D eigenvalue weighted by molar-refractivity contribution is 6.13. The van der Waals surface area contributed by atoms with Gasteiger partial charge in [0.15, 0.2) is 5.84 Å². The summed E-state index contributed by atoms with van der Waals surface area (Å²) in [5.41, 5.74) is 6.65. The molecule has 27 heavy (non-hydrogen) atoms. The largest absolute Gasteiger partial charge is 0.232 e. The van der Waals surface area contributed by atoms with Crippen molar-refractivity contribution in [2.45, 2.75) is 19.8 Å². The Morgan fingerprint density at radius 2 is 1.26 bits per heavy atom. The standard InChI is InChI=1S/C25H22N2/c1-19-15-17-21(18-16-19)24-14-8-13-23(20-9-4-2-5-10-20)26-25(27-24)22-11-6-3-7-12-22/h2-7,9-13,15-18H,8,14H2,1H3/b23-13-,26-25?,27-24?. The Balaban J connectivity index is 1.81. The molecule has 0 saturated heterocycles. The zero-order valence-corrected chi connectivity index (χ0v) is 15.5. The zero-order valence-electron chi connectivity index (χ0n) is 15.5. The van der Waals surface area contributed by atoms with Crippen LogP contribution < -0.4 is 0 Å². The third-order valence-electron chi connectivity index (χ3n) is 4.67. The van der Waals surface area contributed by atoms with Crippen LogP contribution in [0.15, 0.2) is 101 Å². The van der Waals surface area contributed by atoms with Gasteiger partial charge in [0.2, 0.25) is 0 Å². The van der Waals surface area contributed by atoms with Gasteiger partial charge in [-0.15, -0.1) is 0 Å². The Bertz CT molecular complexity index is 995. The molecule has 1 aliphatic rings. The average Bonchev–Trinajstić information content (AvgIpc) is 2.70. The third-order valence-corrected chi connectivity index (χ3v) is 4.67. The van der Waals surface area contributed by atoms with E-state index in [9.17, 15) is 0 Å². The molecule has 3 aromatic rings. The maximum atomic E-state index is 5.01. The maximum absolute atomic E-state index is 5.01. The summed E-state index contributed by atoms with van der Waals surface area (Å²) in [4.78, 5) is 9.97. The van der Waals surface area contributed by atoms with Crippen molar-refractivity contribution in [2.24, 2.45) is 9.98 Å². The van der Waals surface area contributed by atoms with E-state index in [4.69, 9.17) is 9.98 Å². The number of aryl methyl sites for hydroxylation is 1. The Kier molecular flexibility index (Phi) is 5.06. The minimum atomic E-state index is 0.765. The molecule has 0 unspecified atom stereocenters. The van der Waals surface area contributed by atoms with Crippen molar-refractivity contribution in [3.63, 3.8) is 0 Å². The molecular weight excluding hydrogens is 328 g/mol. The van der Waals surface area contributed by atoms with E-state index in [1.54, 1.807) is 0 Å². The summed E-state index contributed by atoms with van der Waals surface area (Å²) in [5.74, 6) is 0.765. The van der Waals surface area contributed by atoms with E-state index < -0.39 is 0 Å². The fourth-order valence-corrected chi connectivity index (χ4v) is 3.18. The van der Waals surface area contributed by atoms with Crippen molar-refractivity contribution in [3.05, 3.63) is 113 Å². The molecule has 0 fully saturated rings. The topological polar surface area (TPSA) is 24.7 Å². The first-order chi connectivity index (χ1) is 13.3. The fourth-order valence-electron chi connectivity index (χ4n) is 3.18. The number of hydrogen-bond acceptors (Lipinski definition) is 2. The molecule has 0 N–H and O–H groups in total. The van der Waals surface area contributed by atoms with Gasteiger partial charge in [0.1, 0.15) is 0 Å². The van der Waals surface area contributed by atoms with Gasteiger partial charge in [0.05, 0.1) is 11.4 Å². The summed E-state index contributed by atoms with van der Waals surface area (Å²) in [5, 5.41) is 0. The SMILES string of the molecule is Cc1ccc(C2=NC(c3ccccc3)=N/C(c3ccccc3)=C\CC2)cc1. The number of benzene rings is 3. The zero-order chi connectivity index (χ0) is 18.5. The molecule has 0 amide bonds. The van der Waals surface area contributed by atoms with Gasteiger partial charge < -0.3 is 0 Å². The Labute approximate surface area is 160 Å². The van der Waals surface area contributed by atoms with Gasteiger partial charge in [-0.1, -0.05) is 96.6 Å². The molecule has 0 atom stereocenters. The molecule has 3 aromatic carbocycles. The van der Waals surface area contributed by atoms with Crippen molar-refractivity contribution in [1.82, 2.24) is 0 Å². The van der Waals surface area contributed by atoms with Crippen LogP contribution in [0.1, 0.15) is 35.1 Å². The van der Waals surface area contributed by atoms with Gasteiger partial charge >= 0.3 is 0 Å².